The quantitative estimate of drug-likeness (QED) is 0.266. The standard InChI is InChI=1S/C21H41NO3/c1-3-4-5-12-15-20(24)16-13-10-8-6-7-9-11-14-17-21(25)22-18-19(2)23/h10,13,19-20,23-24H,3-9,11-12,14-18H2,1-2H3,(H,22,25). The first kappa shape index (κ1) is 24.1. The van der Waals surface area contributed by atoms with E-state index in [1.165, 1.54) is 32.1 Å². The Bertz CT molecular complexity index is 329. The Morgan fingerprint density at radius 1 is 0.960 bits per heavy atom. The van der Waals surface area contributed by atoms with E-state index in [9.17, 15) is 9.90 Å². The third-order valence-electron chi connectivity index (χ3n) is 4.33. The summed E-state index contributed by atoms with van der Waals surface area (Å²) in [7, 11) is 0. The summed E-state index contributed by atoms with van der Waals surface area (Å²) < 4.78 is 0. The first-order valence-corrected chi connectivity index (χ1v) is 10.3. The molecule has 0 saturated heterocycles. The van der Waals surface area contributed by atoms with Crippen molar-refractivity contribution in [3.8, 4) is 0 Å². The number of unbranched alkanes of at least 4 members (excludes halogenated alkanes) is 8. The lowest BCUT2D eigenvalue weighted by Crippen LogP contribution is -2.30. The number of hydrogen-bond acceptors (Lipinski definition) is 3. The molecular formula is C21H41NO3. The third-order valence-corrected chi connectivity index (χ3v) is 4.33. The molecule has 0 aromatic heterocycles. The van der Waals surface area contributed by atoms with E-state index in [0.717, 1.165) is 44.9 Å². The monoisotopic (exact) mass is 355 g/mol. The molecular weight excluding hydrogens is 314 g/mol. The number of nitrogens with one attached hydrogen (secondary N) is 1. The fraction of sp³-hybridized carbons (Fsp3) is 0.857. The van der Waals surface area contributed by atoms with Gasteiger partial charge in [-0.25, -0.2) is 0 Å². The smallest absolute Gasteiger partial charge is 0.220 e. The lowest BCUT2D eigenvalue weighted by Gasteiger charge is -2.07. The fourth-order valence-corrected chi connectivity index (χ4v) is 2.72. The second-order valence-corrected chi connectivity index (χ2v) is 7.17. The number of carbonyl (C=O) groups excluding carboxylic acids is 1. The highest BCUT2D eigenvalue weighted by molar-refractivity contribution is 5.75. The highest BCUT2D eigenvalue weighted by Gasteiger charge is 2.02. The molecule has 0 saturated carbocycles. The van der Waals surface area contributed by atoms with Crippen LogP contribution in [0, 0.1) is 0 Å². The molecule has 1 amide bonds. The average Bonchev–Trinajstić information content (AvgIpc) is 2.58. The maximum atomic E-state index is 11.5. The summed E-state index contributed by atoms with van der Waals surface area (Å²) in [6.07, 6.45) is 17.5. The third kappa shape index (κ3) is 19.3. The lowest BCUT2D eigenvalue weighted by molar-refractivity contribution is -0.121. The SMILES string of the molecule is CCCCCCC(O)CC=CCCCCCCCC(=O)NCC(C)O. The average molecular weight is 356 g/mol. The van der Waals surface area contributed by atoms with Gasteiger partial charge in [0.05, 0.1) is 12.2 Å². The first-order chi connectivity index (χ1) is 12.1. The zero-order valence-corrected chi connectivity index (χ0v) is 16.5. The number of amides is 1. The predicted molar refractivity (Wildman–Crippen MR) is 106 cm³/mol. The molecule has 25 heavy (non-hydrogen) atoms. The van der Waals surface area contributed by atoms with Crippen molar-refractivity contribution in [2.75, 3.05) is 6.54 Å². The number of carbonyl (C=O) groups is 1. The predicted octanol–water partition coefficient (Wildman–Crippen LogP) is 4.49. The highest BCUT2D eigenvalue weighted by Crippen LogP contribution is 2.10. The van der Waals surface area contributed by atoms with Gasteiger partial charge < -0.3 is 15.5 Å². The van der Waals surface area contributed by atoms with E-state index in [2.05, 4.69) is 24.4 Å². The van der Waals surface area contributed by atoms with Gasteiger partial charge in [0.25, 0.3) is 0 Å². The van der Waals surface area contributed by atoms with Crippen LogP contribution in [0.1, 0.15) is 97.3 Å². The number of hydrogen-bond donors (Lipinski definition) is 3. The molecule has 148 valence electrons. The van der Waals surface area contributed by atoms with Crippen molar-refractivity contribution in [2.24, 2.45) is 0 Å². The largest absolute Gasteiger partial charge is 0.393 e. The van der Waals surface area contributed by atoms with Crippen molar-refractivity contribution in [3.63, 3.8) is 0 Å². The van der Waals surface area contributed by atoms with Crippen LogP contribution in [-0.4, -0.2) is 34.9 Å². The van der Waals surface area contributed by atoms with E-state index in [1.54, 1.807) is 6.92 Å². The molecule has 0 aromatic rings. The van der Waals surface area contributed by atoms with Gasteiger partial charge in [0.1, 0.15) is 0 Å². The zero-order chi connectivity index (χ0) is 18.8. The van der Waals surface area contributed by atoms with Crippen LogP contribution in [0.5, 0.6) is 0 Å². The molecule has 4 heteroatoms. The summed E-state index contributed by atoms with van der Waals surface area (Å²) >= 11 is 0. The number of aliphatic hydroxyl groups is 2. The minimum atomic E-state index is -0.473. The van der Waals surface area contributed by atoms with Gasteiger partial charge >= 0.3 is 0 Å². The van der Waals surface area contributed by atoms with Crippen LogP contribution >= 0.6 is 0 Å². The molecule has 3 N–H and O–H groups in total. The van der Waals surface area contributed by atoms with Gasteiger partial charge in [-0.3, -0.25) is 4.79 Å². The Balaban J connectivity index is 3.33. The Labute approximate surface area is 155 Å². The second-order valence-electron chi connectivity index (χ2n) is 7.17. The number of allylic oxidation sites excluding steroid dienone is 1. The summed E-state index contributed by atoms with van der Waals surface area (Å²) in [6, 6.07) is 0. The summed E-state index contributed by atoms with van der Waals surface area (Å²) in [5, 5.41) is 21.7. The minimum absolute atomic E-state index is 0.0390. The summed E-state index contributed by atoms with van der Waals surface area (Å²) in [6.45, 7) is 4.22. The van der Waals surface area contributed by atoms with Gasteiger partial charge in [-0.05, 0) is 39.0 Å². The van der Waals surface area contributed by atoms with E-state index in [1.807, 2.05) is 0 Å². The van der Waals surface area contributed by atoms with Crippen molar-refractivity contribution in [1.82, 2.24) is 5.32 Å². The van der Waals surface area contributed by atoms with Crippen LogP contribution in [0.15, 0.2) is 12.2 Å². The van der Waals surface area contributed by atoms with Crippen LogP contribution in [-0.2, 0) is 4.79 Å². The maximum absolute atomic E-state index is 11.5. The normalized spacial score (nSPS) is 13.9. The first-order valence-electron chi connectivity index (χ1n) is 10.3. The molecule has 0 aliphatic carbocycles. The Morgan fingerprint density at radius 3 is 2.36 bits per heavy atom. The van der Waals surface area contributed by atoms with Crippen molar-refractivity contribution >= 4 is 5.91 Å². The fourth-order valence-electron chi connectivity index (χ4n) is 2.72. The van der Waals surface area contributed by atoms with E-state index >= 15 is 0 Å². The topological polar surface area (TPSA) is 69.6 Å². The molecule has 0 rings (SSSR count). The van der Waals surface area contributed by atoms with Crippen LogP contribution in [0.3, 0.4) is 0 Å². The zero-order valence-electron chi connectivity index (χ0n) is 16.5. The molecule has 2 unspecified atom stereocenters. The van der Waals surface area contributed by atoms with Crippen molar-refractivity contribution in [3.05, 3.63) is 12.2 Å². The van der Waals surface area contributed by atoms with E-state index in [0.29, 0.717) is 13.0 Å². The number of rotatable bonds is 17. The molecule has 2 atom stereocenters. The Kier molecular flexibility index (Phi) is 17.3. The molecule has 0 fully saturated rings. The van der Waals surface area contributed by atoms with Gasteiger partial charge in [-0.2, -0.15) is 0 Å². The van der Waals surface area contributed by atoms with E-state index in [4.69, 9.17) is 5.11 Å². The van der Waals surface area contributed by atoms with Crippen LogP contribution in [0.4, 0.5) is 0 Å². The maximum Gasteiger partial charge on any atom is 0.220 e. The van der Waals surface area contributed by atoms with Gasteiger partial charge in [0, 0.05) is 13.0 Å². The van der Waals surface area contributed by atoms with Crippen LogP contribution in [0.25, 0.3) is 0 Å². The molecule has 0 aromatic carbocycles. The lowest BCUT2D eigenvalue weighted by atomic mass is 10.1. The van der Waals surface area contributed by atoms with Crippen LogP contribution in [0.2, 0.25) is 0 Å². The van der Waals surface area contributed by atoms with Crippen molar-refractivity contribution in [2.45, 2.75) is 110 Å². The molecule has 0 radical (unpaired) electrons. The summed E-state index contributed by atoms with van der Waals surface area (Å²) in [4.78, 5) is 11.5. The second kappa shape index (κ2) is 17.9. The highest BCUT2D eigenvalue weighted by atomic mass is 16.3. The molecule has 0 spiro atoms. The van der Waals surface area contributed by atoms with Gasteiger partial charge in [0.15, 0.2) is 0 Å². The van der Waals surface area contributed by atoms with E-state index < -0.39 is 6.10 Å². The minimum Gasteiger partial charge on any atom is -0.393 e. The molecule has 0 heterocycles. The van der Waals surface area contributed by atoms with Gasteiger partial charge in [0.2, 0.25) is 5.91 Å². The summed E-state index contributed by atoms with van der Waals surface area (Å²) in [5.74, 6) is 0.0390. The van der Waals surface area contributed by atoms with Crippen LogP contribution < -0.4 is 5.32 Å². The molecule has 4 nitrogen and oxygen atoms in total. The summed E-state index contributed by atoms with van der Waals surface area (Å²) in [5.41, 5.74) is 0. The van der Waals surface area contributed by atoms with Crippen molar-refractivity contribution < 1.29 is 15.0 Å². The van der Waals surface area contributed by atoms with Gasteiger partial charge in [-0.15, -0.1) is 0 Å². The number of aliphatic hydroxyl groups excluding tert-OH is 2. The Hall–Kier alpha value is -0.870. The van der Waals surface area contributed by atoms with Crippen molar-refractivity contribution in [1.29, 1.82) is 0 Å². The molecule has 0 aliphatic heterocycles. The Morgan fingerprint density at radius 2 is 1.64 bits per heavy atom. The molecule has 0 bridgehead atoms. The van der Waals surface area contributed by atoms with Gasteiger partial charge in [-0.1, -0.05) is 64.0 Å². The molecule has 0 aliphatic rings. The van der Waals surface area contributed by atoms with E-state index in [-0.39, 0.29) is 12.0 Å².